The molecule has 1 amide bonds. The predicted octanol–water partition coefficient (Wildman–Crippen LogP) is 1.10. The monoisotopic (exact) mass is 289 g/mol. The molecule has 0 fully saturated rings. The normalized spacial score (nSPS) is 9.90. The molecule has 2 aromatic rings. The minimum Gasteiger partial charge on any atom is -0.384 e. The number of imidazole rings is 1. The summed E-state index contributed by atoms with van der Waals surface area (Å²) in [6.07, 6.45) is 4.11. The molecule has 2 aromatic heterocycles. The fourth-order valence-corrected chi connectivity index (χ4v) is 2.62. The number of hydrogen-bond donors (Lipinski definition) is 3. The lowest BCUT2D eigenvalue weighted by Crippen LogP contribution is -2.25. The van der Waals surface area contributed by atoms with Crippen LogP contribution >= 0.6 is 11.3 Å². The summed E-state index contributed by atoms with van der Waals surface area (Å²) in [4.78, 5) is 20.5. The molecule has 0 bridgehead atoms. The molecule has 0 aromatic carbocycles. The molecular formula is C14H15N3O2S. The number of aromatic amines is 1. The number of carbonyl (C=O) groups is 1. The zero-order valence-corrected chi connectivity index (χ0v) is 11.9. The number of hydrogen-bond acceptors (Lipinski definition) is 4. The molecule has 5 nitrogen and oxygen atoms in total. The van der Waals surface area contributed by atoms with Crippen molar-refractivity contribution in [3.63, 3.8) is 0 Å². The van der Waals surface area contributed by atoms with Gasteiger partial charge in [0.25, 0.3) is 5.91 Å². The van der Waals surface area contributed by atoms with Crippen LogP contribution in [-0.4, -0.2) is 34.1 Å². The highest BCUT2D eigenvalue weighted by molar-refractivity contribution is 7.14. The lowest BCUT2D eigenvalue weighted by Gasteiger charge is -2.01. The van der Waals surface area contributed by atoms with Gasteiger partial charge < -0.3 is 15.4 Å². The van der Waals surface area contributed by atoms with Crippen molar-refractivity contribution in [2.45, 2.75) is 13.3 Å². The van der Waals surface area contributed by atoms with Gasteiger partial charge in [-0.3, -0.25) is 4.79 Å². The summed E-state index contributed by atoms with van der Waals surface area (Å²) in [7, 11) is 0. The molecule has 6 heteroatoms. The van der Waals surface area contributed by atoms with E-state index in [1.54, 1.807) is 12.4 Å². The van der Waals surface area contributed by atoms with Crippen LogP contribution in [0.2, 0.25) is 0 Å². The van der Waals surface area contributed by atoms with Gasteiger partial charge in [-0.15, -0.1) is 11.3 Å². The Morgan fingerprint density at radius 2 is 2.45 bits per heavy atom. The maximum atomic E-state index is 12.0. The van der Waals surface area contributed by atoms with Crippen LogP contribution < -0.4 is 5.32 Å². The molecule has 3 N–H and O–H groups in total. The Labute approximate surface area is 121 Å². The summed E-state index contributed by atoms with van der Waals surface area (Å²) in [6, 6.07) is 1.81. The van der Waals surface area contributed by atoms with Gasteiger partial charge in [0.1, 0.15) is 12.4 Å². The second-order valence-corrected chi connectivity index (χ2v) is 5.18. The first kappa shape index (κ1) is 14.3. The number of nitrogens with zero attached hydrogens (tertiary/aromatic N) is 1. The van der Waals surface area contributed by atoms with Crippen molar-refractivity contribution in [1.29, 1.82) is 0 Å². The summed E-state index contributed by atoms with van der Waals surface area (Å²) in [5.41, 5.74) is 0.951. The maximum Gasteiger partial charge on any atom is 0.261 e. The summed E-state index contributed by atoms with van der Waals surface area (Å²) in [6.45, 7) is 2.25. The minimum absolute atomic E-state index is 0.110. The second-order valence-electron chi connectivity index (χ2n) is 4.12. The Morgan fingerprint density at radius 1 is 1.60 bits per heavy atom. The lowest BCUT2D eigenvalue weighted by atomic mass is 10.2. The summed E-state index contributed by atoms with van der Waals surface area (Å²) >= 11 is 1.34. The molecule has 0 spiro atoms. The number of aliphatic hydroxyl groups is 1. The maximum absolute atomic E-state index is 12.0. The Balaban J connectivity index is 1.92. The predicted molar refractivity (Wildman–Crippen MR) is 77.6 cm³/mol. The quantitative estimate of drug-likeness (QED) is 0.737. The van der Waals surface area contributed by atoms with Crippen molar-refractivity contribution in [1.82, 2.24) is 15.3 Å². The molecule has 0 aliphatic carbocycles. The van der Waals surface area contributed by atoms with E-state index in [1.165, 1.54) is 11.3 Å². The van der Waals surface area contributed by atoms with E-state index >= 15 is 0 Å². The number of aryl methyl sites for hydroxylation is 1. The third kappa shape index (κ3) is 3.70. The molecule has 0 aliphatic rings. The van der Waals surface area contributed by atoms with Crippen molar-refractivity contribution in [3.8, 4) is 11.8 Å². The van der Waals surface area contributed by atoms with E-state index < -0.39 is 0 Å². The van der Waals surface area contributed by atoms with Crippen LogP contribution in [0.25, 0.3) is 0 Å². The number of carbonyl (C=O) groups excluding carboxylic acids is 1. The van der Waals surface area contributed by atoms with Gasteiger partial charge in [-0.1, -0.05) is 11.8 Å². The van der Waals surface area contributed by atoms with Crippen LogP contribution in [0.3, 0.4) is 0 Å². The Kier molecular flexibility index (Phi) is 4.93. The number of aliphatic hydroxyl groups excluding tert-OH is 1. The molecule has 2 rings (SSSR count). The fourth-order valence-electron chi connectivity index (χ4n) is 1.65. The third-order valence-electron chi connectivity index (χ3n) is 2.62. The van der Waals surface area contributed by atoms with Crippen molar-refractivity contribution in [2.75, 3.05) is 13.2 Å². The molecule has 0 aliphatic heterocycles. The summed E-state index contributed by atoms with van der Waals surface area (Å²) in [5.74, 6) is 6.17. The second kappa shape index (κ2) is 6.89. The molecular weight excluding hydrogens is 274 g/mol. The first-order valence-corrected chi connectivity index (χ1v) is 6.99. The average Bonchev–Trinajstić information content (AvgIpc) is 3.06. The number of rotatable bonds is 4. The number of thiophene rings is 1. The van der Waals surface area contributed by atoms with Gasteiger partial charge in [-0.05, 0) is 18.6 Å². The van der Waals surface area contributed by atoms with Crippen molar-refractivity contribution in [3.05, 3.63) is 39.6 Å². The Bertz CT molecular complexity index is 635. The highest BCUT2D eigenvalue weighted by Gasteiger charge is 2.11. The standard InChI is InChI=1S/C14H15N3O2S/c1-10-9-12(20-11(10)3-2-8-18)14(19)17-5-4-13-15-6-7-16-13/h6-7,9,18H,4-5,8H2,1H3,(H,15,16)(H,17,19). The van der Waals surface area contributed by atoms with E-state index in [0.717, 1.165) is 16.3 Å². The van der Waals surface area contributed by atoms with E-state index in [2.05, 4.69) is 27.1 Å². The zero-order chi connectivity index (χ0) is 14.4. The van der Waals surface area contributed by atoms with E-state index in [9.17, 15) is 4.79 Å². The van der Waals surface area contributed by atoms with Crippen LogP contribution in [-0.2, 0) is 6.42 Å². The van der Waals surface area contributed by atoms with E-state index in [-0.39, 0.29) is 12.5 Å². The van der Waals surface area contributed by atoms with Crippen LogP contribution in [0, 0.1) is 18.8 Å². The average molecular weight is 289 g/mol. The van der Waals surface area contributed by atoms with Crippen molar-refractivity contribution >= 4 is 17.2 Å². The summed E-state index contributed by atoms with van der Waals surface area (Å²) in [5, 5.41) is 11.5. The Morgan fingerprint density at radius 3 is 3.15 bits per heavy atom. The van der Waals surface area contributed by atoms with Crippen LogP contribution in [0.1, 0.15) is 25.9 Å². The Hall–Kier alpha value is -2.10. The summed E-state index contributed by atoms with van der Waals surface area (Å²) < 4.78 is 0. The van der Waals surface area contributed by atoms with Crippen molar-refractivity contribution < 1.29 is 9.90 Å². The van der Waals surface area contributed by atoms with Gasteiger partial charge >= 0.3 is 0 Å². The van der Waals surface area contributed by atoms with E-state index in [0.29, 0.717) is 17.8 Å². The molecule has 0 radical (unpaired) electrons. The largest absolute Gasteiger partial charge is 0.384 e. The van der Waals surface area contributed by atoms with Gasteiger partial charge in [0.05, 0.1) is 9.75 Å². The topological polar surface area (TPSA) is 78.0 Å². The van der Waals surface area contributed by atoms with Gasteiger partial charge in [0.2, 0.25) is 0 Å². The van der Waals surface area contributed by atoms with Crippen LogP contribution in [0.4, 0.5) is 0 Å². The van der Waals surface area contributed by atoms with E-state index in [1.807, 2.05) is 13.0 Å². The molecule has 0 unspecified atom stereocenters. The number of nitrogens with one attached hydrogen (secondary N) is 2. The van der Waals surface area contributed by atoms with Crippen LogP contribution in [0.5, 0.6) is 0 Å². The van der Waals surface area contributed by atoms with Crippen LogP contribution in [0.15, 0.2) is 18.5 Å². The zero-order valence-electron chi connectivity index (χ0n) is 11.1. The van der Waals surface area contributed by atoms with Gasteiger partial charge in [0, 0.05) is 25.4 Å². The first-order valence-electron chi connectivity index (χ1n) is 6.17. The molecule has 0 saturated carbocycles. The van der Waals surface area contributed by atoms with Gasteiger partial charge in [-0.2, -0.15) is 0 Å². The minimum atomic E-state index is -0.179. The molecule has 0 saturated heterocycles. The lowest BCUT2D eigenvalue weighted by molar-refractivity contribution is 0.0958. The highest BCUT2D eigenvalue weighted by atomic mass is 32.1. The SMILES string of the molecule is Cc1cc(C(=O)NCCc2ncc[nH]2)sc1C#CCO. The number of amides is 1. The molecule has 2 heterocycles. The third-order valence-corrected chi connectivity index (χ3v) is 3.78. The van der Waals surface area contributed by atoms with E-state index in [4.69, 9.17) is 5.11 Å². The van der Waals surface area contributed by atoms with Gasteiger partial charge in [0.15, 0.2) is 0 Å². The molecule has 104 valence electrons. The first-order chi connectivity index (χ1) is 9.70. The van der Waals surface area contributed by atoms with Crippen molar-refractivity contribution in [2.24, 2.45) is 0 Å². The number of aromatic nitrogens is 2. The molecule has 0 atom stereocenters. The fraction of sp³-hybridized carbons (Fsp3) is 0.286. The smallest absolute Gasteiger partial charge is 0.261 e. The number of H-pyrrole nitrogens is 1. The molecule has 20 heavy (non-hydrogen) atoms. The van der Waals surface area contributed by atoms with Gasteiger partial charge in [-0.25, -0.2) is 4.98 Å². The highest BCUT2D eigenvalue weighted by Crippen LogP contribution is 2.20.